The summed E-state index contributed by atoms with van der Waals surface area (Å²) in [6.45, 7) is 5.27. The van der Waals surface area contributed by atoms with Crippen molar-refractivity contribution in [2.45, 2.75) is 58.9 Å². The number of fused-ring (bicyclic) bond motifs is 1. The van der Waals surface area contributed by atoms with Gasteiger partial charge in [-0.15, -0.1) is 0 Å². The van der Waals surface area contributed by atoms with Gasteiger partial charge in [0.15, 0.2) is 0 Å². The Morgan fingerprint density at radius 2 is 1.85 bits per heavy atom. The first kappa shape index (κ1) is 27.8. The van der Waals surface area contributed by atoms with Crippen molar-refractivity contribution in [2.75, 3.05) is 30.4 Å². The van der Waals surface area contributed by atoms with E-state index in [0.717, 1.165) is 24.0 Å². The quantitative estimate of drug-likeness (QED) is 0.400. The summed E-state index contributed by atoms with van der Waals surface area (Å²) in [6, 6.07) is 14.2. The summed E-state index contributed by atoms with van der Waals surface area (Å²) in [7, 11) is 1.80. The topological polar surface area (TPSA) is 111 Å². The van der Waals surface area contributed by atoms with Crippen LogP contribution in [0.4, 0.5) is 11.6 Å². The number of hydrogen-bond acceptors (Lipinski definition) is 5. The monoisotopic (exact) mass is 528 g/mol. The van der Waals surface area contributed by atoms with Crippen molar-refractivity contribution in [2.24, 2.45) is 5.92 Å². The van der Waals surface area contributed by atoms with Gasteiger partial charge in [-0.2, -0.15) is 5.26 Å². The number of rotatable bonds is 10. The number of imidazole rings is 1. The Morgan fingerprint density at radius 3 is 2.49 bits per heavy atom. The van der Waals surface area contributed by atoms with Crippen LogP contribution in [0, 0.1) is 17.2 Å². The third-order valence-corrected chi connectivity index (χ3v) is 7.57. The first-order valence-corrected chi connectivity index (χ1v) is 13.6. The number of nitrogens with one attached hydrogen (secondary N) is 1. The van der Waals surface area contributed by atoms with Crippen LogP contribution < -0.4 is 10.2 Å². The van der Waals surface area contributed by atoms with E-state index < -0.39 is 0 Å². The van der Waals surface area contributed by atoms with Crippen LogP contribution in [0.2, 0.25) is 0 Å². The van der Waals surface area contributed by atoms with E-state index in [2.05, 4.69) is 11.4 Å². The second-order valence-electron chi connectivity index (χ2n) is 10.2. The van der Waals surface area contributed by atoms with Gasteiger partial charge < -0.3 is 14.4 Å². The van der Waals surface area contributed by atoms with Crippen LogP contribution in [0.25, 0.3) is 11.0 Å². The second-order valence-corrected chi connectivity index (χ2v) is 10.2. The molecule has 9 heteroatoms. The van der Waals surface area contributed by atoms with Crippen LogP contribution in [0.3, 0.4) is 0 Å². The molecule has 1 aliphatic carbocycles. The second kappa shape index (κ2) is 12.6. The summed E-state index contributed by atoms with van der Waals surface area (Å²) < 4.78 is 1.94. The van der Waals surface area contributed by atoms with Crippen molar-refractivity contribution in [1.29, 1.82) is 5.26 Å². The van der Waals surface area contributed by atoms with Crippen molar-refractivity contribution in [3.63, 3.8) is 0 Å². The van der Waals surface area contributed by atoms with Gasteiger partial charge in [-0.05, 0) is 74.6 Å². The molecule has 4 rings (SSSR count). The predicted octanol–water partition coefficient (Wildman–Crippen LogP) is 4.96. The van der Waals surface area contributed by atoms with E-state index in [1.807, 2.05) is 29.7 Å². The smallest absolute Gasteiger partial charge is 0.257 e. The average Bonchev–Trinajstić information content (AvgIpc) is 3.57. The molecule has 1 aliphatic rings. The number of carbonyl (C=O) groups is 3. The first-order valence-electron chi connectivity index (χ1n) is 13.6. The highest BCUT2D eigenvalue weighted by molar-refractivity contribution is 6.04. The summed E-state index contributed by atoms with van der Waals surface area (Å²) >= 11 is 0. The van der Waals surface area contributed by atoms with Crippen molar-refractivity contribution < 1.29 is 14.4 Å². The van der Waals surface area contributed by atoms with Crippen LogP contribution in [0.1, 0.15) is 68.3 Å². The van der Waals surface area contributed by atoms with Crippen molar-refractivity contribution in [3.05, 3.63) is 53.6 Å². The van der Waals surface area contributed by atoms with Gasteiger partial charge in [0.25, 0.3) is 5.91 Å². The Labute approximate surface area is 229 Å². The Morgan fingerprint density at radius 1 is 1.13 bits per heavy atom. The maximum absolute atomic E-state index is 13.0. The van der Waals surface area contributed by atoms with Crippen molar-refractivity contribution in [1.82, 2.24) is 14.5 Å². The van der Waals surface area contributed by atoms with Gasteiger partial charge in [0, 0.05) is 51.3 Å². The molecule has 0 aliphatic heterocycles. The van der Waals surface area contributed by atoms with Crippen molar-refractivity contribution >= 4 is 40.4 Å². The standard InChI is InChI=1S/C30H36N6O3/c1-4-35(21(2)37)16-7-17-36-27-15-14-25(34(3)28(38)18-22-8-5-6-9-22)19-26(27)32-30(36)33-29(39)24-12-10-23(20-31)11-13-24/h10-15,19,22H,4-9,16-18H2,1-3H3,(H,32,33,39). The van der Waals surface area contributed by atoms with Gasteiger partial charge >= 0.3 is 0 Å². The number of benzene rings is 2. The minimum Gasteiger partial charge on any atom is -0.343 e. The minimum atomic E-state index is -0.334. The molecule has 2 aromatic carbocycles. The van der Waals surface area contributed by atoms with Crippen LogP contribution in [0.15, 0.2) is 42.5 Å². The zero-order chi connectivity index (χ0) is 27.9. The molecule has 0 atom stereocenters. The molecule has 1 fully saturated rings. The van der Waals surface area contributed by atoms with Gasteiger partial charge in [-0.25, -0.2) is 4.98 Å². The van der Waals surface area contributed by atoms with E-state index >= 15 is 0 Å². The number of hydrogen-bond donors (Lipinski definition) is 1. The molecule has 39 heavy (non-hydrogen) atoms. The number of nitriles is 1. The fraction of sp³-hybridized carbons (Fsp3) is 0.433. The molecule has 3 amide bonds. The molecule has 9 nitrogen and oxygen atoms in total. The van der Waals surface area contributed by atoms with E-state index in [0.29, 0.717) is 61.0 Å². The van der Waals surface area contributed by atoms with Crippen molar-refractivity contribution in [3.8, 4) is 6.07 Å². The van der Waals surface area contributed by atoms with Gasteiger partial charge in [0.1, 0.15) is 0 Å². The molecule has 1 heterocycles. The number of anilines is 2. The predicted molar refractivity (Wildman–Crippen MR) is 151 cm³/mol. The van der Waals surface area contributed by atoms with Gasteiger partial charge in [-0.1, -0.05) is 12.8 Å². The lowest BCUT2D eigenvalue weighted by atomic mass is 10.0. The Kier molecular flexibility index (Phi) is 8.97. The number of nitrogens with zero attached hydrogens (tertiary/aromatic N) is 5. The molecule has 0 saturated heterocycles. The van der Waals surface area contributed by atoms with E-state index in [4.69, 9.17) is 10.2 Å². The van der Waals surface area contributed by atoms with Gasteiger partial charge in [-0.3, -0.25) is 19.7 Å². The lowest BCUT2D eigenvalue weighted by Crippen LogP contribution is -2.30. The first-order chi connectivity index (χ1) is 18.8. The summed E-state index contributed by atoms with van der Waals surface area (Å²) in [4.78, 5) is 46.0. The summed E-state index contributed by atoms with van der Waals surface area (Å²) in [5.74, 6) is 0.641. The zero-order valence-electron chi connectivity index (χ0n) is 22.9. The molecular weight excluding hydrogens is 492 g/mol. The van der Waals surface area contributed by atoms with Gasteiger partial charge in [0.05, 0.1) is 22.7 Å². The number of carbonyl (C=O) groups excluding carboxylic acids is 3. The molecule has 0 radical (unpaired) electrons. The Bertz CT molecular complexity index is 1380. The molecule has 204 valence electrons. The molecule has 3 aromatic rings. The van der Waals surface area contributed by atoms with Crippen LogP contribution in [-0.4, -0.2) is 52.3 Å². The lowest BCUT2D eigenvalue weighted by Gasteiger charge is -2.20. The molecule has 1 saturated carbocycles. The summed E-state index contributed by atoms with van der Waals surface area (Å²) in [5, 5.41) is 12.0. The van der Waals surface area contributed by atoms with Crippen LogP contribution in [0.5, 0.6) is 0 Å². The highest BCUT2D eigenvalue weighted by Gasteiger charge is 2.22. The maximum atomic E-state index is 13.0. The van der Waals surface area contributed by atoms with Crippen LogP contribution >= 0.6 is 0 Å². The third-order valence-electron chi connectivity index (χ3n) is 7.57. The Balaban J connectivity index is 1.59. The molecule has 1 aromatic heterocycles. The molecule has 0 bridgehead atoms. The van der Waals surface area contributed by atoms with E-state index in [9.17, 15) is 14.4 Å². The molecule has 1 N–H and O–H groups in total. The highest BCUT2D eigenvalue weighted by Crippen LogP contribution is 2.30. The summed E-state index contributed by atoms with van der Waals surface area (Å²) in [6.07, 6.45) is 5.86. The van der Waals surface area contributed by atoms with Crippen LogP contribution in [-0.2, 0) is 16.1 Å². The number of aromatic nitrogens is 2. The Hall–Kier alpha value is -4.19. The fourth-order valence-electron chi connectivity index (χ4n) is 5.22. The number of aryl methyl sites for hydroxylation is 1. The molecule has 0 spiro atoms. The van der Waals surface area contributed by atoms with Gasteiger partial charge in [0.2, 0.25) is 17.8 Å². The largest absolute Gasteiger partial charge is 0.343 e. The average molecular weight is 529 g/mol. The fourth-order valence-corrected chi connectivity index (χ4v) is 5.22. The van der Waals surface area contributed by atoms with E-state index in [1.165, 1.54) is 12.8 Å². The number of amides is 3. The normalized spacial score (nSPS) is 13.3. The molecule has 0 unspecified atom stereocenters. The maximum Gasteiger partial charge on any atom is 0.257 e. The lowest BCUT2D eigenvalue weighted by molar-refractivity contribution is -0.128. The third kappa shape index (κ3) is 6.63. The minimum absolute atomic E-state index is 0.0253. The SMILES string of the molecule is CCN(CCCn1c(NC(=O)c2ccc(C#N)cc2)nc2cc(N(C)C(=O)CC3CCCC3)ccc21)C(C)=O. The van der Waals surface area contributed by atoms with E-state index in [1.54, 1.807) is 48.0 Å². The zero-order valence-corrected chi connectivity index (χ0v) is 22.9. The summed E-state index contributed by atoms with van der Waals surface area (Å²) in [5.41, 5.74) is 3.15. The highest BCUT2D eigenvalue weighted by atomic mass is 16.2. The molecular formula is C30H36N6O3. The van der Waals surface area contributed by atoms with E-state index in [-0.39, 0.29) is 17.7 Å².